The second-order valence-electron chi connectivity index (χ2n) is 6.64. The molecule has 3 heterocycles. The van der Waals surface area contributed by atoms with Crippen LogP contribution in [-0.2, 0) is 6.42 Å². The molecule has 0 spiro atoms. The van der Waals surface area contributed by atoms with Gasteiger partial charge in [-0.3, -0.25) is 14.3 Å². The number of nitrogens with one attached hydrogen (secondary N) is 1. The van der Waals surface area contributed by atoms with Crippen molar-refractivity contribution in [3.63, 3.8) is 0 Å². The summed E-state index contributed by atoms with van der Waals surface area (Å²) in [5.41, 5.74) is 12.0. The Labute approximate surface area is 191 Å². The Bertz CT molecular complexity index is 1450. The summed E-state index contributed by atoms with van der Waals surface area (Å²) in [7, 11) is 0. The first-order chi connectivity index (χ1) is 15.4. The molecule has 4 rings (SSSR count). The summed E-state index contributed by atoms with van der Waals surface area (Å²) in [4.78, 5) is 29.9. The average molecular weight is 468 g/mol. The highest BCUT2D eigenvalue weighted by Gasteiger charge is 2.16. The van der Waals surface area contributed by atoms with Crippen molar-refractivity contribution in [2.45, 2.75) is 6.42 Å². The lowest BCUT2D eigenvalue weighted by Crippen LogP contribution is -2.26. The molecule has 0 aliphatic heterocycles. The van der Waals surface area contributed by atoms with Crippen LogP contribution in [0.5, 0.6) is 0 Å². The highest BCUT2D eigenvalue weighted by molar-refractivity contribution is 6.35. The van der Waals surface area contributed by atoms with Crippen molar-refractivity contribution in [2.24, 2.45) is 0 Å². The molecule has 3 aromatic heterocycles. The van der Waals surface area contributed by atoms with Gasteiger partial charge >= 0.3 is 0 Å². The van der Waals surface area contributed by atoms with Gasteiger partial charge in [-0.1, -0.05) is 29.3 Å². The van der Waals surface area contributed by atoms with E-state index >= 15 is 0 Å². The molecule has 32 heavy (non-hydrogen) atoms. The Balaban J connectivity index is 1.77. The largest absolute Gasteiger partial charge is 0.382 e. The van der Waals surface area contributed by atoms with Gasteiger partial charge in [-0.2, -0.15) is 15.2 Å². The molecule has 10 nitrogen and oxygen atoms in total. The van der Waals surface area contributed by atoms with E-state index in [2.05, 4.69) is 25.3 Å². The quantitative estimate of drug-likeness (QED) is 0.400. The summed E-state index contributed by atoms with van der Waals surface area (Å²) >= 11 is 12.4. The molecule has 5 N–H and O–H groups in total. The SMILES string of the molecule is N#Cc1c(N)nc(N)nc1NCCc1nc2cccc(Cl)c2c(=O)n1-c1cncc(Cl)c1. The Morgan fingerprint density at radius 3 is 2.72 bits per heavy atom. The topological polar surface area (TPSA) is 161 Å². The van der Waals surface area contributed by atoms with Crippen molar-refractivity contribution in [1.29, 1.82) is 5.26 Å². The molecule has 0 atom stereocenters. The third-order valence-corrected chi connectivity index (χ3v) is 5.09. The normalized spacial score (nSPS) is 10.8. The van der Waals surface area contributed by atoms with Gasteiger partial charge in [0.15, 0.2) is 5.82 Å². The molecule has 0 saturated carbocycles. The molecular weight excluding hydrogens is 453 g/mol. The van der Waals surface area contributed by atoms with Crippen molar-refractivity contribution < 1.29 is 0 Å². The van der Waals surface area contributed by atoms with E-state index in [9.17, 15) is 10.1 Å². The van der Waals surface area contributed by atoms with E-state index in [1.807, 2.05) is 6.07 Å². The van der Waals surface area contributed by atoms with Crippen LogP contribution in [0, 0.1) is 11.3 Å². The zero-order valence-corrected chi connectivity index (χ0v) is 17.9. The summed E-state index contributed by atoms with van der Waals surface area (Å²) in [6, 6.07) is 8.61. The number of pyridine rings is 1. The number of benzene rings is 1. The Morgan fingerprint density at radius 2 is 1.97 bits per heavy atom. The van der Waals surface area contributed by atoms with Crippen molar-refractivity contribution in [2.75, 3.05) is 23.3 Å². The van der Waals surface area contributed by atoms with E-state index in [0.717, 1.165) is 0 Å². The summed E-state index contributed by atoms with van der Waals surface area (Å²) in [6.07, 6.45) is 3.25. The van der Waals surface area contributed by atoms with Gasteiger partial charge in [-0.15, -0.1) is 0 Å². The molecule has 0 bridgehead atoms. The zero-order chi connectivity index (χ0) is 22.8. The molecule has 0 fully saturated rings. The van der Waals surface area contributed by atoms with Crippen molar-refractivity contribution in [3.8, 4) is 11.8 Å². The van der Waals surface area contributed by atoms with Gasteiger partial charge in [0.25, 0.3) is 5.56 Å². The maximum absolute atomic E-state index is 13.4. The number of hydrogen-bond donors (Lipinski definition) is 3. The number of hydrogen-bond acceptors (Lipinski definition) is 9. The highest BCUT2D eigenvalue weighted by atomic mass is 35.5. The van der Waals surface area contributed by atoms with Crippen LogP contribution in [0.15, 0.2) is 41.5 Å². The van der Waals surface area contributed by atoms with Crippen LogP contribution in [0.2, 0.25) is 10.0 Å². The predicted molar refractivity (Wildman–Crippen MR) is 123 cm³/mol. The number of halogens is 2. The molecule has 0 unspecified atom stereocenters. The van der Waals surface area contributed by atoms with E-state index in [1.54, 1.807) is 24.3 Å². The smallest absolute Gasteiger partial charge is 0.267 e. The summed E-state index contributed by atoms with van der Waals surface area (Å²) in [5, 5.41) is 13.3. The molecule has 0 amide bonds. The van der Waals surface area contributed by atoms with E-state index in [-0.39, 0.29) is 47.1 Å². The first-order valence-electron chi connectivity index (χ1n) is 9.27. The summed E-state index contributed by atoms with van der Waals surface area (Å²) < 4.78 is 1.41. The first kappa shape index (κ1) is 21.3. The van der Waals surface area contributed by atoms with E-state index in [1.165, 1.54) is 17.0 Å². The van der Waals surface area contributed by atoms with E-state index in [4.69, 9.17) is 34.7 Å². The fourth-order valence-corrected chi connectivity index (χ4v) is 3.64. The van der Waals surface area contributed by atoms with Crippen molar-refractivity contribution >= 4 is 51.7 Å². The number of nitriles is 1. The predicted octanol–water partition coefficient (Wildman–Crippen LogP) is 2.57. The van der Waals surface area contributed by atoms with Gasteiger partial charge in [-0.05, 0) is 18.2 Å². The monoisotopic (exact) mass is 467 g/mol. The number of nitrogens with zero attached hydrogens (tertiary/aromatic N) is 6. The molecule has 0 radical (unpaired) electrons. The van der Waals surface area contributed by atoms with Crippen LogP contribution in [0.1, 0.15) is 11.4 Å². The molecule has 160 valence electrons. The fraction of sp³-hybridized carbons (Fsp3) is 0.100. The molecule has 0 aliphatic carbocycles. The first-order valence-corrected chi connectivity index (χ1v) is 10.0. The van der Waals surface area contributed by atoms with Crippen molar-refractivity contribution in [1.82, 2.24) is 24.5 Å². The average Bonchev–Trinajstić information content (AvgIpc) is 2.73. The van der Waals surface area contributed by atoms with Crippen molar-refractivity contribution in [3.05, 3.63) is 68.4 Å². The maximum Gasteiger partial charge on any atom is 0.267 e. The summed E-state index contributed by atoms with van der Waals surface area (Å²) in [5.74, 6) is 0.529. The Kier molecular flexibility index (Phi) is 5.77. The lowest BCUT2D eigenvalue weighted by molar-refractivity contribution is 0.806. The van der Waals surface area contributed by atoms with Gasteiger partial charge in [0.1, 0.15) is 23.3 Å². The number of rotatable bonds is 5. The van der Waals surface area contributed by atoms with E-state index in [0.29, 0.717) is 27.1 Å². The standard InChI is InChI=1S/C20H15Cl2N9O/c21-10-6-11(9-26-8-10)31-15(28-14-3-1-2-13(22)16(14)19(31)32)4-5-27-18-12(7-23)17(24)29-20(25)30-18/h1-3,6,8-9H,4-5H2,(H5,24,25,27,29,30). The second kappa shape index (κ2) is 8.66. The minimum Gasteiger partial charge on any atom is -0.382 e. The zero-order valence-electron chi connectivity index (χ0n) is 16.4. The number of nitrogens with two attached hydrogens (primary N) is 2. The molecule has 1 aromatic carbocycles. The Hall–Kier alpha value is -3.94. The van der Waals surface area contributed by atoms with E-state index < -0.39 is 0 Å². The van der Waals surface area contributed by atoms with Crippen LogP contribution in [0.4, 0.5) is 17.6 Å². The summed E-state index contributed by atoms with van der Waals surface area (Å²) in [6.45, 7) is 0.261. The van der Waals surface area contributed by atoms with Crippen LogP contribution in [-0.4, -0.2) is 31.0 Å². The third-order valence-electron chi connectivity index (χ3n) is 4.57. The minimum atomic E-state index is -0.354. The second-order valence-corrected chi connectivity index (χ2v) is 7.49. The molecule has 4 aromatic rings. The molecule has 0 aliphatic rings. The Morgan fingerprint density at radius 1 is 1.16 bits per heavy atom. The number of anilines is 3. The number of nitrogen functional groups attached to an aromatic ring is 2. The van der Waals surface area contributed by atoms with Crippen LogP contribution < -0.4 is 22.3 Å². The van der Waals surface area contributed by atoms with Gasteiger partial charge in [0.05, 0.1) is 32.8 Å². The maximum atomic E-state index is 13.4. The lowest BCUT2D eigenvalue weighted by Gasteiger charge is -2.15. The fourth-order valence-electron chi connectivity index (χ4n) is 3.22. The van der Waals surface area contributed by atoms with Crippen LogP contribution >= 0.6 is 23.2 Å². The number of fused-ring (bicyclic) bond motifs is 1. The minimum absolute atomic E-state index is 0.0251. The van der Waals surface area contributed by atoms with Crippen LogP contribution in [0.3, 0.4) is 0 Å². The molecular formula is C20H15Cl2N9O. The highest BCUT2D eigenvalue weighted by Crippen LogP contribution is 2.22. The van der Waals surface area contributed by atoms with Gasteiger partial charge < -0.3 is 16.8 Å². The van der Waals surface area contributed by atoms with Gasteiger partial charge in [-0.25, -0.2) is 4.98 Å². The van der Waals surface area contributed by atoms with Crippen LogP contribution in [0.25, 0.3) is 16.6 Å². The third kappa shape index (κ3) is 3.99. The van der Waals surface area contributed by atoms with Gasteiger partial charge in [0.2, 0.25) is 5.95 Å². The lowest BCUT2D eigenvalue weighted by atomic mass is 10.2. The number of aromatic nitrogens is 5. The molecule has 0 saturated heterocycles. The van der Waals surface area contributed by atoms with Gasteiger partial charge in [0, 0.05) is 19.2 Å². The molecule has 12 heteroatoms.